The van der Waals surface area contributed by atoms with E-state index in [1.807, 2.05) is 54.3 Å². The maximum absolute atomic E-state index is 12.7. The zero-order valence-corrected chi connectivity index (χ0v) is 17.1. The number of amides is 3. The first-order chi connectivity index (χ1) is 14.5. The summed E-state index contributed by atoms with van der Waals surface area (Å²) in [6.45, 7) is 3.06. The molecule has 154 valence electrons. The van der Waals surface area contributed by atoms with Crippen molar-refractivity contribution in [3.63, 3.8) is 0 Å². The first-order valence-electron chi connectivity index (χ1n) is 10.6. The number of fused-ring (bicyclic) bond motifs is 1. The minimum Gasteiger partial charge on any atom is -0.326 e. The third-order valence-corrected chi connectivity index (χ3v) is 6.24. The molecule has 3 amide bonds. The minimum absolute atomic E-state index is 0.0387. The SMILES string of the molecule is Cc1cccc(NC(=O)[C@@H]2CC(=O)N(c3ccc4c(c3)CCN4C(=O)C3CC3)C2)c1. The fraction of sp³-hybridized carbons (Fsp3) is 0.375. The molecular weight excluding hydrogens is 378 g/mol. The molecule has 0 aromatic heterocycles. The lowest BCUT2D eigenvalue weighted by atomic mass is 10.1. The van der Waals surface area contributed by atoms with E-state index >= 15 is 0 Å². The van der Waals surface area contributed by atoms with E-state index in [9.17, 15) is 14.4 Å². The van der Waals surface area contributed by atoms with Crippen LogP contribution in [-0.4, -0.2) is 30.8 Å². The molecule has 1 saturated heterocycles. The average Bonchev–Trinajstić information content (AvgIpc) is 3.38. The number of benzene rings is 2. The van der Waals surface area contributed by atoms with Gasteiger partial charge in [0.1, 0.15) is 0 Å². The lowest BCUT2D eigenvalue weighted by Crippen LogP contribution is -2.30. The summed E-state index contributed by atoms with van der Waals surface area (Å²) in [4.78, 5) is 41.4. The second-order valence-electron chi connectivity index (χ2n) is 8.59. The summed E-state index contributed by atoms with van der Waals surface area (Å²) in [7, 11) is 0. The van der Waals surface area contributed by atoms with Gasteiger partial charge in [0.2, 0.25) is 17.7 Å². The van der Waals surface area contributed by atoms with Gasteiger partial charge < -0.3 is 15.1 Å². The maximum Gasteiger partial charge on any atom is 0.230 e. The summed E-state index contributed by atoms with van der Waals surface area (Å²) in [5.74, 6) is -0.114. The van der Waals surface area contributed by atoms with Crippen LogP contribution >= 0.6 is 0 Å². The normalized spacial score (nSPS) is 20.4. The molecule has 1 aliphatic carbocycles. The number of anilines is 3. The van der Waals surface area contributed by atoms with E-state index in [1.165, 1.54) is 0 Å². The van der Waals surface area contributed by atoms with E-state index in [-0.39, 0.29) is 36.0 Å². The van der Waals surface area contributed by atoms with Crippen LogP contribution in [0.4, 0.5) is 17.1 Å². The molecule has 2 aromatic carbocycles. The molecule has 2 aromatic rings. The van der Waals surface area contributed by atoms with Crippen LogP contribution in [0.2, 0.25) is 0 Å². The summed E-state index contributed by atoms with van der Waals surface area (Å²) < 4.78 is 0. The summed E-state index contributed by atoms with van der Waals surface area (Å²) in [6, 6.07) is 13.5. The molecule has 1 saturated carbocycles. The number of aryl methyl sites for hydroxylation is 1. The van der Waals surface area contributed by atoms with Gasteiger partial charge in [0, 0.05) is 42.5 Å². The van der Waals surface area contributed by atoms with Gasteiger partial charge in [-0.3, -0.25) is 14.4 Å². The molecule has 2 fully saturated rings. The summed E-state index contributed by atoms with van der Waals surface area (Å²) >= 11 is 0. The van der Waals surface area contributed by atoms with Crippen molar-refractivity contribution >= 4 is 34.8 Å². The first-order valence-corrected chi connectivity index (χ1v) is 10.6. The van der Waals surface area contributed by atoms with E-state index < -0.39 is 0 Å². The van der Waals surface area contributed by atoms with Crippen molar-refractivity contribution in [2.45, 2.75) is 32.6 Å². The van der Waals surface area contributed by atoms with Crippen molar-refractivity contribution in [2.75, 3.05) is 28.2 Å². The van der Waals surface area contributed by atoms with Gasteiger partial charge in [-0.25, -0.2) is 0 Å². The Balaban J connectivity index is 1.29. The zero-order chi connectivity index (χ0) is 20.8. The highest BCUT2D eigenvalue weighted by atomic mass is 16.2. The molecule has 0 radical (unpaired) electrons. The molecular formula is C24H25N3O3. The van der Waals surface area contributed by atoms with Gasteiger partial charge in [-0.1, -0.05) is 12.1 Å². The van der Waals surface area contributed by atoms with E-state index in [0.29, 0.717) is 13.1 Å². The quantitative estimate of drug-likeness (QED) is 0.852. The molecule has 3 aliphatic rings. The molecule has 30 heavy (non-hydrogen) atoms. The lowest BCUT2D eigenvalue weighted by molar-refractivity contribution is -0.122. The number of hydrogen-bond acceptors (Lipinski definition) is 3. The number of carbonyl (C=O) groups excluding carboxylic acids is 3. The van der Waals surface area contributed by atoms with E-state index in [2.05, 4.69) is 5.32 Å². The molecule has 1 N–H and O–H groups in total. The number of nitrogens with zero attached hydrogens (tertiary/aromatic N) is 2. The molecule has 1 atom stereocenters. The monoisotopic (exact) mass is 403 g/mol. The summed E-state index contributed by atoms with van der Waals surface area (Å²) in [5.41, 5.74) is 4.71. The Morgan fingerprint density at radius 1 is 1.07 bits per heavy atom. The van der Waals surface area contributed by atoms with E-state index in [0.717, 1.165) is 47.5 Å². The fourth-order valence-corrected chi connectivity index (χ4v) is 4.44. The summed E-state index contributed by atoms with van der Waals surface area (Å²) in [6.07, 6.45) is 3.01. The Labute approximate surface area is 175 Å². The van der Waals surface area contributed by atoms with Gasteiger partial charge in [-0.05, 0) is 67.6 Å². The standard InChI is InChI=1S/C24H25N3O3/c1-15-3-2-4-19(11-15)25-23(29)18-13-22(28)27(14-18)20-7-8-21-17(12-20)9-10-26(21)24(30)16-5-6-16/h2-4,7-8,11-12,16,18H,5-6,9-10,13-14H2,1H3,(H,25,29)/t18-/m1/s1. The highest BCUT2D eigenvalue weighted by Gasteiger charge is 2.38. The van der Waals surface area contributed by atoms with Gasteiger partial charge in [0.05, 0.1) is 5.92 Å². The fourth-order valence-electron chi connectivity index (χ4n) is 4.44. The largest absolute Gasteiger partial charge is 0.326 e. The van der Waals surface area contributed by atoms with Crippen LogP contribution in [0.15, 0.2) is 42.5 Å². The predicted octanol–water partition coefficient (Wildman–Crippen LogP) is 3.29. The van der Waals surface area contributed by atoms with Crippen LogP contribution in [0.1, 0.15) is 30.4 Å². The molecule has 6 nitrogen and oxygen atoms in total. The predicted molar refractivity (Wildman–Crippen MR) is 115 cm³/mol. The van der Waals surface area contributed by atoms with Gasteiger partial charge in [0.15, 0.2) is 0 Å². The van der Waals surface area contributed by atoms with Crippen LogP contribution in [0.3, 0.4) is 0 Å². The van der Waals surface area contributed by atoms with Crippen molar-refractivity contribution in [2.24, 2.45) is 11.8 Å². The lowest BCUT2D eigenvalue weighted by Gasteiger charge is -2.20. The Morgan fingerprint density at radius 3 is 2.67 bits per heavy atom. The highest BCUT2D eigenvalue weighted by molar-refractivity contribution is 6.04. The topological polar surface area (TPSA) is 69.7 Å². The van der Waals surface area contributed by atoms with Crippen molar-refractivity contribution < 1.29 is 14.4 Å². The number of nitrogens with one attached hydrogen (secondary N) is 1. The van der Waals surface area contributed by atoms with Gasteiger partial charge in [-0.15, -0.1) is 0 Å². The molecule has 0 bridgehead atoms. The Morgan fingerprint density at radius 2 is 1.90 bits per heavy atom. The van der Waals surface area contributed by atoms with E-state index in [4.69, 9.17) is 0 Å². The zero-order valence-electron chi connectivity index (χ0n) is 17.1. The Bertz CT molecular complexity index is 1040. The average molecular weight is 403 g/mol. The number of rotatable bonds is 4. The Hall–Kier alpha value is -3.15. The second kappa shape index (κ2) is 7.27. The van der Waals surface area contributed by atoms with Gasteiger partial charge >= 0.3 is 0 Å². The molecule has 5 rings (SSSR count). The third-order valence-electron chi connectivity index (χ3n) is 6.24. The van der Waals surface area contributed by atoms with Gasteiger partial charge in [-0.2, -0.15) is 0 Å². The van der Waals surface area contributed by atoms with Crippen molar-refractivity contribution in [3.8, 4) is 0 Å². The van der Waals surface area contributed by atoms with Crippen molar-refractivity contribution in [1.82, 2.24) is 0 Å². The Kier molecular flexibility index (Phi) is 4.57. The second-order valence-corrected chi connectivity index (χ2v) is 8.59. The molecule has 2 aliphatic heterocycles. The van der Waals surface area contributed by atoms with Crippen LogP contribution < -0.4 is 15.1 Å². The molecule has 6 heteroatoms. The number of carbonyl (C=O) groups is 3. The van der Waals surface area contributed by atoms with Crippen LogP contribution in [0.5, 0.6) is 0 Å². The molecule has 0 unspecified atom stereocenters. The number of hydrogen-bond donors (Lipinski definition) is 1. The van der Waals surface area contributed by atoms with Crippen molar-refractivity contribution in [3.05, 3.63) is 53.6 Å². The van der Waals surface area contributed by atoms with Crippen LogP contribution in [0, 0.1) is 18.8 Å². The third kappa shape index (κ3) is 3.47. The highest BCUT2D eigenvalue weighted by Crippen LogP contribution is 2.38. The van der Waals surface area contributed by atoms with E-state index in [1.54, 1.807) is 4.90 Å². The van der Waals surface area contributed by atoms with Gasteiger partial charge in [0.25, 0.3) is 0 Å². The minimum atomic E-state index is -0.376. The van der Waals surface area contributed by atoms with Crippen LogP contribution in [-0.2, 0) is 20.8 Å². The molecule has 0 spiro atoms. The first kappa shape index (κ1) is 18.9. The summed E-state index contributed by atoms with van der Waals surface area (Å²) in [5, 5.41) is 2.93. The maximum atomic E-state index is 12.7. The van der Waals surface area contributed by atoms with Crippen LogP contribution in [0.25, 0.3) is 0 Å². The smallest absolute Gasteiger partial charge is 0.230 e. The van der Waals surface area contributed by atoms with Crippen molar-refractivity contribution in [1.29, 1.82) is 0 Å². The molecule has 2 heterocycles.